The molecule has 12 nitrogen and oxygen atoms in total. The van der Waals surface area contributed by atoms with Crippen LogP contribution in [0, 0.1) is 5.41 Å². The van der Waals surface area contributed by atoms with Gasteiger partial charge in [0.2, 0.25) is 5.96 Å². The Kier molecular flexibility index (Phi) is 5.20. The average Bonchev–Trinajstić information content (AvgIpc) is 3.03. The Balaban J connectivity index is 1.93. The zero-order chi connectivity index (χ0) is 19.0. The molecule has 144 valence electrons. The van der Waals surface area contributed by atoms with Gasteiger partial charge in [-0.1, -0.05) is 0 Å². The van der Waals surface area contributed by atoms with Gasteiger partial charge in [0.25, 0.3) is 5.91 Å². The number of amidine groups is 1. The smallest absolute Gasteiger partial charge is 0.328 e. The zero-order valence-electron chi connectivity index (χ0n) is 13.8. The summed E-state index contributed by atoms with van der Waals surface area (Å²) in [5.74, 6) is -1.16. The second-order valence-corrected chi connectivity index (χ2v) is 6.22. The number of rotatable bonds is 6. The van der Waals surface area contributed by atoms with E-state index >= 15 is 0 Å². The van der Waals surface area contributed by atoms with Crippen molar-refractivity contribution in [2.45, 2.75) is 43.4 Å². The standard InChI is InChI=1S/C14H21N5O7/c15-13-16-10-7(11(24)17-13)18(3-1-2-4-20)14(25)19(10)12-9(23)8(22)6(5-21)26-12/h6-9,12,20-23H,1-5H2,(H2,15,17,24)/t6-,7?,8+,9-,12-/m1/s1. The number of nitrogens with zero attached hydrogens (tertiary/aromatic N) is 3. The highest BCUT2D eigenvalue weighted by Gasteiger charge is 2.56. The molecule has 0 aliphatic carbocycles. The van der Waals surface area contributed by atoms with Gasteiger partial charge < -0.3 is 30.1 Å². The Bertz CT molecular complexity index is 641. The van der Waals surface area contributed by atoms with Gasteiger partial charge in [-0.15, -0.1) is 0 Å². The van der Waals surface area contributed by atoms with E-state index in [9.17, 15) is 24.9 Å². The highest BCUT2D eigenvalue weighted by atomic mass is 16.6. The van der Waals surface area contributed by atoms with Crippen LogP contribution in [0.5, 0.6) is 0 Å². The summed E-state index contributed by atoms with van der Waals surface area (Å²) >= 11 is 0. The Labute approximate surface area is 148 Å². The number of unbranched alkanes of at least 4 members (excludes halogenated alkanes) is 1. The second-order valence-electron chi connectivity index (χ2n) is 6.22. The van der Waals surface area contributed by atoms with Gasteiger partial charge >= 0.3 is 6.03 Å². The monoisotopic (exact) mass is 371 g/mol. The van der Waals surface area contributed by atoms with Crippen LogP contribution in [0.2, 0.25) is 0 Å². The molecule has 1 unspecified atom stereocenters. The second kappa shape index (κ2) is 7.25. The van der Waals surface area contributed by atoms with Crippen molar-refractivity contribution in [2.24, 2.45) is 4.99 Å². The first-order chi connectivity index (χ1) is 12.4. The molecule has 0 aromatic heterocycles. The van der Waals surface area contributed by atoms with Crippen molar-refractivity contribution in [3.8, 4) is 0 Å². The van der Waals surface area contributed by atoms with Crippen molar-refractivity contribution in [2.75, 3.05) is 19.8 Å². The maximum atomic E-state index is 12.9. The zero-order valence-corrected chi connectivity index (χ0v) is 13.8. The maximum absolute atomic E-state index is 12.9. The SMILES string of the molecule is N=C1N=C2C(C(=O)N1)N(CCCCO)C(=O)N2[C@@H]1O[C@H](CO)[C@H](O)[C@H]1O. The molecule has 2 fully saturated rings. The average molecular weight is 371 g/mol. The van der Waals surface area contributed by atoms with Crippen molar-refractivity contribution >= 4 is 23.7 Å². The first-order valence-electron chi connectivity index (χ1n) is 8.21. The summed E-state index contributed by atoms with van der Waals surface area (Å²) < 4.78 is 5.39. The summed E-state index contributed by atoms with van der Waals surface area (Å²) in [5.41, 5.74) is 0. The van der Waals surface area contributed by atoms with Crippen LogP contribution in [0.1, 0.15) is 12.8 Å². The van der Waals surface area contributed by atoms with E-state index < -0.39 is 55.1 Å². The van der Waals surface area contributed by atoms with E-state index in [0.29, 0.717) is 12.8 Å². The lowest BCUT2D eigenvalue weighted by Crippen LogP contribution is -2.54. The number of amides is 3. The maximum Gasteiger partial charge on any atom is 0.328 e. The summed E-state index contributed by atoms with van der Waals surface area (Å²) in [4.78, 5) is 31.2. The normalized spacial score (nSPS) is 34.2. The van der Waals surface area contributed by atoms with Gasteiger partial charge in [-0.05, 0) is 12.8 Å². The molecule has 0 aromatic rings. The molecule has 5 atom stereocenters. The van der Waals surface area contributed by atoms with Gasteiger partial charge in [-0.25, -0.2) is 9.69 Å². The molecule has 2 saturated heterocycles. The molecule has 0 radical (unpaired) electrons. The Hall–Kier alpha value is -2.12. The van der Waals surface area contributed by atoms with Crippen LogP contribution in [0.25, 0.3) is 0 Å². The van der Waals surface area contributed by atoms with E-state index in [1.807, 2.05) is 0 Å². The number of hydrogen-bond acceptors (Lipinski definition) is 8. The van der Waals surface area contributed by atoms with Gasteiger partial charge in [0.15, 0.2) is 18.1 Å². The fourth-order valence-corrected chi connectivity index (χ4v) is 3.27. The predicted molar refractivity (Wildman–Crippen MR) is 85.1 cm³/mol. The van der Waals surface area contributed by atoms with Crippen LogP contribution in [0.4, 0.5) is 4.79 Å². The minimum atomic E-state index is -1.52. The molecule has 3 amide bonds. The number of fused-ring (bicyclic) bond motifs is 1. The summed E-state index contributed by atoms with van der Waals surface area (Å²) in [6.45, 7) is -0.485. The molecule has 3 heterocycles. The number of urea groups is 1. The molecule has 26 heavy (non-hydrogen) atoms. The number of hydrogen-bond donors (Lipinski definition) is 6. The summed E-state index contributed by atoms with van der Waals surface area (Å²) in [7, 11) is 0. The summed E-state index contributed by atoms with van der Waals surface area (Å²) in [6, 6.07) is -1.78. The fourth-order valence-electron chi connectivity index (χ4n) is 3.27. The third kappa shape index (κ3) is 2.95. The minimum Gasteiger partial charge on any atom is -0.396 e. The van der Waals surface area contributed by atoms with Crippen LogP contribution < -0.4 is 5.32 Å². The molecule has 0 aromatic carbocycles. The summed E-state index contributed by atoms with van der Waals surface area (Å²) in [6.07, 6.45) is -4.53. The fraction of sp³-hybridized carbons (Fsp3) is 0.714. The number of guanidine groups is 1. The van der Waals surface area contributed by atoms with Crippen LogP contribution >= 0.6 is 0 Å². The minimum absolute atomic E-state index is 0.0664. The molecule has 3 aliphatic rings. The Morgan fingerprint density at radius 3 is 2.54 bits per heavy atom. The van der Waals surface area contributed by atoms with Crippen molar-refractivity contribution in [1.29, 1.82) is 5.41 Å². The molecule has 0 saturated carbocycles. The van der Waals surface area contributed by atoms with E-state index in [0.717, 1.165) is 4.90 Å². The molecule has 0 spiro atoms. The number of nitrogens with one attached hydrogen (secondary N) is 2. The first kappa shape index (κ1) is 18.7. The van der Waals surface area contributed by atoms with Crippen molar-refractivity contribution in [1.82, 2.24) is 15.1 Å². The number of ether oxygens (including phenoxy) is 1. The molecule has 3 aliphatic heterocycles. The molecular formula is C14H21N5O7. The lowest BCUT2D eigenvalue weighted by molar-refractivity contribution is -0.121. The third-order valence-corrected chi connectivity index (χ3v) is 4.55. The van der Waals surface area contributed by atoms with E-state index in [1.165, 1.54) is 4.90 Å². The Morgan fingerprint density at radius 2 is 1.92 bits per heavy atom. The van der Waals surface area contributed by atoms with Crippen molar-refractivity contribution in [3.63, 3.8) is 0 Å². The number of carbonyl (C=O) groups excluding carboxylic acids is 2. The summed E-state index contributed by atoms with van der Waals surface area (Å²) in [5, 5.41) is 48.1. The number of aliphatic hydroxyl groups excluding tert-OH is 4. The number of carbonyl (C=O) groups is 2. The van der Waals surface area contributed by atoms with Gasteiger partial charge in [0.1, 0.15) is 18.3 Å². The number of aliphatic hydroxyl groups is 4. The highest BCUT2D eigenvalue weighted by Crippen LogP contribution is 2.31. The Morgan fingerprint density at radius 1 is 1.19 bits per heavy atom. The molecule has 0 bridgehead atoms. The predicted octanol–water partition coefficient (Wildman–Crippen LogP) is -3.23. The van der Waals surface area contributed by atoms with Crippen LogP contribution in [0.3, 0.4) is 0 Å². The van der Waals surface area contributed by atoms with Gasteiger partial charge in [0, 0.05) is 13.2 Å². The van der Waals surface area contributed by atoms with E-state index in [1.54, 1.807) is 0 Å². The van der Waals surface area contributed by atoms with E-state index in [2.05, 4.69) is 10.3 Å². The van der Waals surface area contributed by atoms with Gasteiger partial charge in [0.05, 0.1) is 6.61 Å². The van der Waals surface area contributed by atoms with E-state index in [-0.39, 0.29) is 19.0 Å². The lowest BCUT2D eigenvalue weighted by Gasteiger charge is -2.26. The van der Waals surface area contributed by atoms with Gasteiger partial charge in [-0.3, -0.25) is 15.5 Å². The van der Waals surface area contributed by atoms with Crippen molar-refractivity contribution < 1.29 is 34.8 Å². The molecule has 6 N–H and O–H groups in total. The quantitative estimate of drug-likeness (QED) is 0.266. The first-order valence-corrected chi connectivity index (χ1v) is 8.21. The highest BCUT2D eigenvalue weighted by molar-refractivity contribution is 6.25. The molecular weight excluding hydrogens is 350 g/mol. The van der Waals surface area contributed by atoms with Gasteiger partial charge in [-0.2, -0.15) is 4.99 Å². The third-order valence-electron chi connectivity index (χ3n) is 4.55. The topological polar surface area (TPSA) is 179 Å². The van der Waals surface area contributed by atoms with Crippen LogP contribution in [0.15, 0.2) is 4.99 Å². The van der Waals surface area contributed by atoms with Crippen LogP contribution in [-0.2, 0) is 9.53 Å². The van der Waals surface area contributed by atoms with Crippen LogP contribution in [-0.4, -0.2) is 104 Å². The lowest BCUT2D eigenvalue weighted by atomic mass is 10.1. The molecule has 3 rings (SSSR count). The van der Waals surface area contributed by atoms with E-state index in [4.69, 9.17) is 15.3 Å². The van der Waals surface area contributed by atoms with Crippen molar-refractivity contribution in [3.05, 3.63) is 0 Å². The number of aliphatic imine (C=N–C) groups is 1. The largest absolute Gasteiger partial charge is 0.396 e. The molecule has 12 heteroatoms.